The third-order valence-corrected chi connectivity index (χ3v) is 4.02. The Balaban J connectivity index is 2.07. The van der Waals surface area contributed by atoms with Gasteiger partial charge < -0.3 is 9.72 Å². The third kappa shape index (κ3) is 2.34. The Morgan fingerprint density at radius 1 is 1.38 bits per heavy atom. The number of H-pyrrole nitrogens is 1. The van der Waals surface area contributed by atoms with E-state index in [0.29, 0.717) is 10.7 Å². The van der Waals surface area contributed by atoms with E-state index in [2.05, 4.69) is 19.7 Å². The number of para-hydroxylation sites is 1. The molecule has 0 amide bonds. The highest BCUT2D eigenvalue weighted by atomic mass is 32.1. The van der Waals surface area contributed by atoms with Gasteiger partial charge in [-0.25, -0.2) is 9.78 Å². The van der Waals surface area contributed by atoms with Crippen LogP contribution in [0.25, 0.3) is 10.9 Å². The molecule has 21 heavy (non-hydrogen) atoms. The van der Waals surface area contributed by atoms with Crippen molar-refractivity contribution in [3.63, 3.8) is 0 Å². The predicted octanol–water partition coefficient (Wildman–Crippen LogP) is 2.88. The van der Waals surface area contributed by atoms with Crippen molar-refractivity contribution in [2.24, 2.45) is 4.99 Å². The van der Waals surface area contributed by atoms with Crippen molar-refractivity contribution < 1.29 is 9.53 Å². The molecule has 5 nitrogen and oxygen atoms in total. The molecule has 0 bridgehead atoms. The summed E-state index contributed by atoms with van der Waals surface area (Å²) in [6, 6.07) is 7.99. The van der Waals surface area contributed by atoms with E-state index in [1.807, 2.05) is 30.5 Å². The van der Waals surface area contributed by atoms with Gasteiger partial charge in [-0.3, -0.25) is 4.99 Å². The van der Waals surface area contributed by atoms with Crippen LogP contribution in [0.15, 0.2) is 40.8 Å². The summed E-state index contributed by atoms with van der Waals surface area (Å²) in [4.78, 5) is 23.4. The zero-order valence-corrected chi connectivity index (χ0v) is 12.4. The minimum Gasteiger partial charge on any atom is -0.464 e. The van der Waals surface area contributed by atoms with Gasteiger partial charge in [0.1, 0.15) is 10.7 Å². The third-order valence-electron chi connectivity index (χ3n) is 3.17. The molecule has 6 heteroatoms. The second-order valence-corrected chi connectivity index (χ2v) is 5.21. The van der Waals surface area contributed by atoms with E-state index >= 15 is 0 Å². The lowest BCUT2D eigenvalue weighted by atomic mass is 10.1. The van der Waals surface area contributed by atoms with E-state index in [1.54, 1.807) is 12.4 Å². The minimum absolute atomic E-state index is 0.304. The van der Waals surface area contributed by atoms with E-state index in [4.69, 9.17) is 0 Å². The van der Waals surface area contributed by atoms with Crippen LogP contribution in [-0.2, 0) is 4.74 Å². The highest BCUT2D eigenvalue weighted by Gasteiger charge is 2.17. The summed E-state index contributed by atoms with van der Waals surface area (Å²) in [5.41, 5.74) is 3.07. The SMILES string of the molecule is C/N=C(/c1nc(C(=O)OC)cs1)c1c[nH]c2ccccc12. The summed E-state index contributed by atoms with van der Waals surface area (Å²) in [5, 5.41) is 3.46. The first-order chi connectivity index (χ1) is 10.2. The van der Waals surface area contributed by atoms with Gasteiger partial charge >= 0.3 is 5.97 Å². The number of methoxy groups -OCH3 is 1. The molecule has 0 saturated carbocycles. The number of nitrogens with one attached hydrogen (secondary N) is 1. The lowest BCUT2D eigenvalue weighted by Crippen LogP contribution is -2.05. The van der Waals surface area contributed by atoms with Crippen molar-refractivity contribution in [3.8, 4) is 0 Å². The lowest BCUT2D eigenvalue weighted by Gasteiger charge is -2.00. The van der Waals surface area contributed by atoms with Gasteiger partial charge in [-0.2, -0.15) is 0 Å². The van der Waals surface area contributed by atoms with Crippen molar-refractivity contribution in [2.45, 2.75) is 0 Å². The normalized spacial score (nSPS) is 11.8. The Labute approximate surface area is 125 Å². The number of carbonyl (C=O) groups excluding carboxylic acids is 1. The maximum atomic E-state index is 11.5. The topological polar surface area (TPSA) is 67.3 Å². The molecule has 0 spiro atoms. The van der Waals surface area contributed by atoms with Gasteiger partial charge in [-0.05, 0) is 6.07 Å². The average Bonchev–Trinajstić information content (AvgIpc) is 3.15. The van der Waals surface area contributed by atoms with Crippen molar-refractivity contribution in [1.29, 1.82) is 0 Å². The number of thiazole rings is 1. The molecule has 0 aliphatic rings. The van der Waals surface area contributed by atoms with E-state index in [9.17, 15) is 4.79 Å². The second-order valence-electron chi connectivity index (χ2n) is 4.35. The first-order valence-electron chi connectivity index (χ1n) is 6.32. The van der Waals surface area contributed by atoms with E-state index in [0.717, 1.165) is 22.2 Å². The Morgan fingerprint density at radius 3 is 2.95 bits per heavy atom. The van der Waals surface area contributed by atoms with Gasteiger partial charge in [-0.15, -0.1) is 11.3 Å². The minimum atomic E-state index is -0.438. The van der Waals surface area contributed by atoms with Crippen LogP contribution in [0.2, 0.25) is 0 Å². The molecule has 106 valence electrons. The summed E-state index contributed by atoms with van der Waals surface area (Å²) >= 11 is 1.38. The largest absolute Gasteiger partial charge is 0.464 e. The van der Waals surface area contributed by atoms with Gasteiger partial charge in [0, 0.05) is 35.1 Å². The van der Waals surface area contributed by atoms with E-state index in [1.165, 1.54) is 18.4 Å². The Kier molecular flexibility index (Phi) is 3.53. The molecule has 0 saturated heterocycles. The van der Waals surface area contributed by atoms with Gasteiger partial charge in [-0.1, -0.05) is 18.2 Å². The summed E-state index contributed by atoms with van der Waals surface area (Å²) in [7, 11) is 3.06. The van der Waals surface area contributed by atoms with Gasteiger partial charge in [0.2, 0.25) is 0 Å². The van der Waals surface area contributed by atoms with Gasteiger partial charge in [0.15, 0.2) is 5.69 Å². The fourth-order valence-electron chi connectivity index (χ4n) is 2.18. The first kappa shape index (κ1) is 13.5. The molecule has 0 fully saturated rings. The fourth-order valence-corrected chi connectivity index (χ4v) is 3.02. The van der Waals surface area contributed by atoms with Crippen LogP contribution in [0.4, 0.5) is 0 Å². The number of carbonyl (C=O) groups is 1. The van der Waals surface area contributed by atoms with E-state index in [-0.39, 0.29) is 0 Å². The molecule has 0 atom stereocenters. The molecule has 1 aromatic carbocycles. The smallest absolute Gasteiger partial charge is 0.357 e. The van der Waals surface area contributed by atoms with Crippen LogP contribution in [0.5, 0.6) is 0 Å². The van der Waals surface area contributed by atoms with Crippen LogP contribution in [0.1, 0.15) is 21.1 Å². The average molecular weight is 299 g/mol. The molecule has 0 radical (unpaired) electrons. The number of nitrogens with zero attached hydrogens (tertiary/aromatic N) is 2. The molecule has 0 aliphatic heterocycles. The quantitative estimate of drug-likeness (QED) is 0.597. The maximum absolute atomic E-state index is 11.5. The number of aromatic amines is 1. The number of hydrogen-bond acceptors (Lipinski definition) is 5. The number of fused-ring (bicyclic) bond motifs is 1. The molecule has 2 aromatic heterocycles. The summed E-state index contributed by atoms with van der Waals surface area (Å²) in [6.07, 6.45) is 1.91. The van der Waals surface area contributed by atoms with Crippen LogP contribution in [-0.4, -0.2) is 35.8 Å². The van der Waals surface area contributed by atoms with E-state index < -0.39 is 5.97 Å². The molecular formula is C15H13N3O2S. The van der Waals surface area contributed by atoms with Crippen LogP contribution in [0.3, 0.4) is 0 Å². The number of aromatic nitrogens is 2. The summed E-state index contributed by atoms with van der Waals surface area (Å²) in [6.45, 7) is 0. The zero-order valence-electron chi connectivity index (χ0n) is 11.6. The zero-order chi connectivity index (χ0) is 14.8. The highest BCUT2D eigenvalue weighted by molar-refractivity contribution is 7.12. The van der Waals surface area contributed by atoms with Crippen LogP contribution >= 0.6 is 11.3 Å². The number of ether oxygens (including phenoxy) is 1. The van der Waals surface area contributed by atoms with Gasteiger partial charge in [0.25, 0.3) is 0 Å². The first-order valence-corrected chi connectivity index (χ1v) is 7.20. The molecular weight excluding hydrogens is 286 g/mol. The van der Waals surface area contributed by atoms with Crippen LogP contribution in [0, 0.1) is 0 Å². The summed E-state index contributed by atoms with van der Waals surface area (Å²) in [5.74, 6) is -0.438. The maximum Gasteiger partial charge on any atom is 0.357 e. The molecule has 2 heterocycles. The number of benzene rings is 1. The Morgan fingerprint density at radius 2 is 2.19 bits per heavy atom. The highest BCUT2D eigenvalue weighted by Crippen LogP contribution is 2.23. The second kappa shape index (κ2) is 5.49. The van der Waals surface area contributed by atoms with Crippen molar-refractivity contribution in [2.75, 3.05) is 14.2 Å². The molecule has 1 N–H and O–H groups in total. The number of aliphatic imine (C=N–C) groups is 1. The standard InChI is InChI=1S/C15H13N3O2S/c1-16-13(14-18-12(8-21-14)15(19)20-2)10-7-17-11-6-4-3-5-9(10)11/h3-8,17H,1-2H3/b16-13+. The van der Waals surface area contributed by atoms with Crippen molar-refractivity contribution in [1.82, 2.24) is 9.97 Å². The van der Waals surface area contributed by atoms with Gasteiger partial charge in [0.05, 0.1) is 7.11 Å². The number of rotatable bonds is 3. The molecule has 0 aliphatic carbocycles. The molecule has 0 unspecified atom stereocenters. The Hall–Kier alpha value is -2.47. The predicted molar refractivity (Wildman–Crippen MR) is 83.3 cm³/mol. The number of esters is 1. The van der Waals surface area contributed by atoms with Crippen molar-refractivity contribution >= 4 is 33.9 Å². The molecule has 3 rings (SSSR count). The molecule has 3 aromatic rings. The number of hydrogen-bond donors (Lipinski definition) is 1. The Bertz CT molecular complexity index is 832. The monoisotopic (exact) mass is 299 g/mol. The van der Waals surface area contributed by atoms with Crippen molar-refractivity contribution in [3.05, 3.63) is 52.1 Å². The van der Waals surface area contributed by atoms with Crippen LogP contribution < -0.4 is 0 Å². The lowest BCUT2D eigenvalue weighted by molar-refractivity contribution is 0.0595. The fraction of sp³-hybridized carbons (Fsp3) is 0.133. The summed E-state index contributed by atoms with van der Waals surface area (Å²) < 4.78 is 4.68.